The van der Waals surface area contributed by atoms with Gasteiger partial charge in [0.25, 0.3) is 0 Å². The third kappa shape index (κ3) is 2.36. The number of carbonyl (C=O) groups is 1. The Bertz CT molecular complexity index is 491. The third-order valence-corrected chi connectivity index (χ3v) is 5.40. The summed E-state index contributed by atoms with van der Waals surface area (Å²) in [6.07, 6.45) is 7.20. The molecule has 3 unspecified atom stereocenters. The highest BCUT2D eigenvalue weighted by molar-refractivity contribution is 7.99. The summed E-state index contributed by atoms with van der Waals surface area (Å²) in [6, 6.07) is 0. The summed E-state index contributed by atoms with van der Waals surface area (Å²) < 4.78 is 5.55. The lowest BCUT2D eigenvalue weighted by Gasteiger charge is -2.61. The molecule has 19 heavy (non-hydrogen) atoms. The van der Waals surface area contributed by atoms with Gasteiger partial charge < -0.3 is 4.74 Å². The van der Waals surface area contributed by atoms with Crippen LogP contribution in [0, 0.1) is 18.3 Å². The second-order valence-electron chi connectivity index (χ2n) is 5.79. The van der Waals surface area contributed by atoms with Crippen molar-refractivity contribution in [2.24, 2.45) is 11.3 Å². The Labute approximate surface area is 117 Å². The normalized spacial score (nSPS) is 31.9. The van der Waals surface area contributed by atoms with Gasteiger partial charge in [-0.1, -0.05) is 18.7 Å². The molecule has 0 radical (unpaired) electrons. The van der Waals surface area contributed by atoms with Crippen molar-refractivity contribution >= 4 is 17.7 Å². The minimum Gasteiger partial charge on any atom is -0.461 e. The van der Waals surface area contributed by atoms with Crippen LogP contribution in [0.25, 0.3) is 0 Å². The van der Waals surface area contributed by atoms with Crippen molar-refractivity contribution in [3.05, 3.63) is 18.0 Å². The average molecular weight is 278 g/mol. The van der Waals surface area contributed by atoms with E-state index in [1.807, 2.05) is 6.92 Å². The summed E-state index contributed by atoms with van der Waals surface area (Å²) in [4.78, 5) is 20.1. The molecule has 5 heteroatoms. The molecular weight excluding hydrogens is 260 g/mol. The maximum atomic E-state index is 11.8. The first-order valence-corrected chi connectivity index (χ1v) is 7.67. The highest BCUT2D eigenvalue weighted by atomic mass is 32.2. The molecule has 0 spiro atoms. The summed E-state index contributed by atoms with van der Waals surface area (Å²) >= 11 is 1.34. The number of thioether (sulfide) groups is 1. The van der Waals surface area contributed by atoms with Crippen LogP contribution in [0.4, 0.5) is 0 Å². The van der Waals surface area contributed by atoms with Gasteiger partial charge in [-0.3, -0.25) is 4.79 Å². The molecule has 3 atom stereocenters. The number of carbonyl (C=O) groups excluding carboxylic acids is 1. The van der Waals surface area contributed by atoms with Crippen molar-refractivity contribution < 1.29 is 9.53 Å². The Morgan fingerprint density at radius 2 is 2.26 bits per heavy atom. The van der Waals surface area contributed by atoms with Crippen molar-refractivity contribution in [1.29, 1.82) is 0 Å². The summed E-state index contributed by atoms with van der Waals surface area (Å²) in [5, 5.41) is 0.629. The van der Waals surface area contributed by atoms with Crippen LogP contribution in [-0.2, 0) is 9.53 Å². The second-order valence-corrected chi connectivity index (χ2v) is 6.73. The van der Waals surface area contributed by atoms with Gasteiger partial charge in [-0.25, -0.2) is 9.97 Å². The van der Waals surface area contributed by atoms with Crippen LogP contribution in [0.15, 0.2) is 17.6 Å². The van der Waals surface area contributed by atoms with Crippen molar-refractivity contribution in [2.75, 3.05) is 5.75 Å². The summed E-state index contributed by atoms with van der Waals surface area (Å²) in [6.45, 7) is 4.17. The molecule has 2 fully saturated rings. The predicted octanol–water partition coefficient (Wildman–Crippen LogP) is 2.61. The maximum absolute atomic E-state index is 11.8. The lowest BCUT2D eigenvalue weighted by atomic mass is 9.47. The number of rotatable bonds is 4. The molecule has 4 nitrogen and oxygen atoms in total. The van der Waals surface area contributed by atoms with Gasteiger partial charge in [0.05, 0.1) is 5.75 Å². The van der Waals surface area contributed by atoms with E-state index >= 15 is 0 Å². The molecule has 3 rings (SSSR count). The first-order chi connectivity index (χ1) is 9.08. The molecule has 0 amide bonds. The molecule has 0 N–H and O–H groups in total. The standard InChI is InChI=1S/C14H18N2O2S/c1-9-6-15-13(16-7-9)19-8-12(17)18-11-5-10-3-4-14(10,11)2/h6-7,10-11H,3-5,8H2,1-2H3. The van der Waals surface area contributed by atoms with Gasteiger partial charge in [0.15, 0.2) is 5.16 Å². The highest BCUT2D eigenvalue weighted by Gasteiger charge is 2.59. The molecule has 102 valence electrons. The van der Waals surface area contributed by atoms with Crippen LogP contribution < -0.4 is 0 Å². The molecule has 0 aromatic carbocycles. The maximum Gasteiger partial charge on any atom is 0.316 e. The smallest absolute Gasteiger partial charge is 0.316 e. The van der Waals surface area contributed by atoms with Gasteiger partial charge in [-0.2, -0.15) is 0 Å². The van der Waals surface area contributed by atoms with E-state index in [1.165, 1.54) is 24.6 Å². The van der Waals surface area contributed by atoms with E-state index in [-0.39, 0.29) is 17.5 Å². The molecule has 0 aliphatic heterocycles. The van der Waals surface area contributed by atoms with Gasteiger partial charge >= 0.3 is 5.97 Å². The molecular formula is C14H18N2O2S. The Kier molecular flexibility index (Phi) is 3.25. The number of nitrogens with zero attached hydrogens (tertiary/aromatic N) is 2. The molecule has 1 aromatic heterocycles. The van der Waals surface area contributed by atoms with Crippen LogP contribution in [0.2, 0.25) is 0 Å². The van der Waals surface area contributed by atoms with Crippen molar-refractivity contribution in [3.63, 3.8) is 0 Å². The molecule has 1 aromatic rings. The molecule has 0 saturated heterocycles. The van der Waals surface area contributed by atoms with Crippen molar-refractivity contribution in [2.45, 2.75) is 44.4 Å². The van der Waals surface area contributed by atoms with E-state index in [2.05, 4.69) is 16.9 Å². The van der Waals surface area contributed by atoms with E-state index < -0.39 is 0 Å². The van der Waals surface area contributed by atoms with E-state index in [9.17, 15) is 4.79 Å². The predicted molar refractivity (Wildman–Crippen MR) is 72.8 cm³/mol. The van der Waals surface area contributed by atoms with Crippen LogP contribution in [-0.4, -0.2) is 27.8 Å². The fourth-order valence-corrected chi connectivity index (χ4v) is 3.51. The number of fused-ring (bicyclic) bond motifs is 1. The fraction of sp³-hybridized carbons (Fsp3) is 0.643. The van der Waals surface area contributed by atoms with Gasteiger partial charge in [-0.15, -0.1) is 0 Å². The van der Waals surface area contributed by atoms with E-state index in [0.29, 0.717) is 10.9 Å². The van der Waals surface area contributed by atoms with Crippen LogP contribution >= 0.6 is 11.8 Å². The Hall–Kier alpha value is -1.10. The SMILES string of the molecule is Cc1cnc(SCC(=O)OC2CC3CCC32C)nc1. The molecule has 0 bridgehead atoms. The topological polar surface area (TPSA) is 52.1 Å². The zero-order chi connectivity index (χ0) is 13.5. The Morgan fingerprint density at radius 1 is 1.53 bits per heavy atom. The van der Waals surface area contributed by atoms with E-state index in [4.69, 9.17) is 4.74 Å². The van der Waals surface area contributed by atoms with Crippen molar-refractivity contribution in [3.8, 4) is 0 Å². The number of aromatic nitrogens is 2. The number of aryl methyl sites for hydroxylation is 1. The number of hydrogen-bond donors (Lipinski definition) is 0. The first kappa shape index (κ1) is 12.9. The summed E-state index contributed by atoms with van der Waals surface area (Å²) in [5.41, 5.74) is 1.30. The average Bonchev–Trinajstić information content (AvgIpc) is 2.41. The lowest BCUT2D eigenvalue weighted by Crippen LogP contribution is -2.59. The summed E-state index contributed by atoms with van der Waals surface area (Å²) in [5.74, 6) is 0.935. The third-order valence-electron chi connectivity index (χ3n) is 4.55. The quantitative estimate of drug-likeness (QED) is 0.481. The van der Waals surface area contributed by atoms with Crippen molar-refractivity contribution in [1.82, 2.24) is 9.97 Å². The van der Waals surface area contributed by atoms with Gasteiger partial charge in [0.2, 0.25) is 0 Å². The fourth-order valence-electron chi connectivity index (χ4n) is 2.94. The first-order valence-electron chi connectivity index (χ1n) is 6.69. The monoisotopic (exact) mass is 278 g/mol. The Morgan fingerprint density at radius 3 is 2.79 bits per heavy atom. The van der Waals surface area contributed by atoms with Crippen LogP contribution in [0.1, 0.15) is 31.7 Å². The van der Waals surface area contributed by atoms with Gasteiger partial charge in [0, 0.05) is 17.8 Å². The second kappa shape index (κ2) is 4.78. The molecule has 2 aliphatic carbocycles. The van der Waals surface area contributed by atoms with E-state index in [1.54, 1.807) is 12.4 Å². The zero-order valence-electron chi connectivity index (χ0n) is 11.3. The number of ether oxygens (including phenoxy) is 1. The lowest BCUT2D eigenvalue weighted by molar-refractivity contribution is -0.205. The minimum absolute atomic E-state index is 0.137. The number of esters is 1. The highest BCUT2D eigenvalue weighted by Crippen LogP contribution is 2.61. The van der Waals surface area contributed by atoms with Crippen LogP contribution in [0.3, 0.4) is 0 Å². The number of hydrogen-bond acceptors (Lipinski definition) is 5. The van der Waals surface area contributed by atoms with Gasteiger partial charge in [0.1, 0.15) is 6.10 Å². The molecule has 1 heterocycles. The molecule has 2 saturated carbocycles. The zero-order valence-corrected chi connectivity index (χ0v) is 12.1. The van der Waals surface area contributed by atoms with Gasteiger partial charge in [-0.05, 0) is 37.7 Å². The Balaban J connectivity index is 1.46. The minimum atomic E-state index is -0.147. The van der Waals surface area contributed by atoms with Crippen LogP contribution in [0.5, 0.6) is 0 Å². The molecule has 2 aliphatic rings. The largest absolute Gasteiger partial charge is 0.461 e. The van der Waals surface area contributed by atoms with E-state index in [0.717, 1.165) is 17.9 Å². The summed E-state index contributed by atoms with van der Waals surface area (Å²) in [7, 11) is 0.